The van der Waals surface area contributed by atoms with Gasteiger partial charge < -0.3 is 5.32 Å². The van der Waals surface area contributed by atoms with Gasteiger partial charge in [-0.05, 0) is 57.4 Å². The molecule has 2 aliphatic carbocycles. The number of fused-ring (bicyclic) bond motifs is 1. The van der Waals surface area contributed by atoms with Crippen LogP contribution in [0.5, 0.6) is 0 Å². The summed E-state index contributed by atoms with van der Waals surface area (Å²) in [5.74, 6) is 2.63. The van der Waals surface area contributed by atoms with Crippen molar-refractivity contribution in [3.05, 3.63) is 16.9 Å². The molecule has 3 rings (SSSR count). The maximum atomic E-state index is 6.47. The van der Waals surface area contributed by atoms with Gasteiger partial charge in [-0.3, -0.25) is 4.68 Å². The molecule has 2 fully saturated rings. The van der Waals surface area contributed by atoms with Crippen molar-refractivity contribution in [2.24, 2.45) is 17.8 Å². The van der Waals surface area contributed by atoms with Gasteiger partial charge in [-0.15, -0.1) is 0 Å². The normalized spacial score (nSPS) is 29.8. The van der Waals surface area contributed by atoms with Crippen LogP contribution < -0.4 is 5.32 Å². The molecule has 2 saturated carbocycles. The van der Waals surface area contributed by atoms with Gasteiger partial charge in [-0.2, -0.15) is 5.10 Å². The predicted molar refractivity (Wildman–Crippen MR) is 83.0 cm³/mol. The van der Waals surface area contributed by atoms with Gasteiger partial charge in [0.1, 0.15) is 0 Å². The Bertz CT molecular complexity index is 458. The Morgan fingerprint density at radius 3 is 2.70 bits per heavy atom. The average molecular weight is 296 g/mol. The second kappa shape index (κ2) is 5.69. The van der Waals surface area contributed by atoms with Crippen LogP contribution in [0.15, 0.2) is 6.20 Å². The minimum absolute atomic E-state index is 0.363. The van der Waals surface area contributed by atoms with Crippen LogP contribution in [-0.2, 0) is 0 Å². The van der Waals surface area contributed by atoms with Crippen molar-refractivity contribution in [3.8, 4) is 0 Å². The molecule has 4 heteroatoms. The number of hydrogen-bond donors (Lipinski definition) is 1. The van der Waals surface area contributed by atoms with Gasteiger partial charge >= 0.3 is 0 Å². The van der Waals surface area contributed by atoms with E-state index in [9.17, 15) is 0 Å². The fraction of sp³-hybridized carbons (Fsp3) is 0.812. The molecular weight excluding hydrogens is 270 g/mol. The van der Waals surface area contributed by atoms with Crippen molar-refractivity contribution in [2.75, 3.05) is 6.54 Å². The minimum atomic E-state index is 0.363. The van der Waals surface area contributed by atoms with Crippen LogP contribution in [0.2, 0.25) is 5.02 Å². The van der Waals surface area contributed by atoms with Crippen molar-refractivity contribution < 1.29 is 0 Å². The van der Waals surface area contributed by atoms with Crippen LogP contribution >= 0.6 is 11.6 Å². The van der Waals surface area contributed by atoms with Gasteiger partial charge in [0.2, 0.25) is 0 Å². The first kappa shape index (κ1) is 14.4. The van der Waals surface area contributed by atoms with E-state index in [0.29, 0.717) is 12.1 Å². The molecule has 1 N–H and O–H groups in total. The van der Waals surface area contributed by atoms with Gasteiger partial charge in [0.25, 0.3) is 0 Å². The summed E-state index contributed by atoms with van der Waals surface area (Å²) in [5.41, 5.74) is 1.22. The molecule has 0 aromatic carbocycles. The lowest BCUT2D eigenvalue weighted by molar-refractivity contribution is 0.377. The lowest BCUT2D eigenvalue weighted by Gasteiger charge is -2.24. The molecule has 1 heterocycles. The molecule has 20 heavy (non-hydrogen) atoms. The summed E-state index contributed by atoms with van der Waals surface area (Å²) >= 11 is 6.47. The number of nitrogens with one attached hydrogen (secondary N) is 1. The van der Waals surface area contributed by atoms with E-state index in [1.54, 1.807) is 0 Å². The van der Waals surface area contributed by atoms with E-state index in [4.69, 9.17) is 11.6 Å². The van der Waals surface area contributed by atoms with Crippen LogP contribution in [0.25, 0.3) is 0 Å². The van der Waals surface area contributed by atoms with Crippen molar-refractivity contribution >= 4 is 11.6 Å². The van der Waals surface area contributed by atoms with Gasteiger partial charge in [-0.1, -0.05) is 24.9 Å². The molecule has 0 radical (unpaired) electrons. The van der Waals surface area contributed by atoms with Crippen molar-refractivity contribution in [1.29, 1.82) is 0 Å². The second-order valence-electron chi connectivity index (χ2n) is 6.68. The van der Waals surface area contributed by atoms with E-state index in [-0.39, 0.29) is 0 Å². The SMILES string of the molecule is CCCNC(c1c(Cl)cnn1C(C)C)C1C2CCCC21. The maximum Gasteiger partial charge on any atom is 0.0834 e. The number of hydrogen-bond acceptors (Lipinski definition) is 2. The summed E-state index contributed by atoms with van der Waals surface area (Å²) in [4.78, 5) is 0. The first-order chi connectivity index (χ1) is 9.65. The highest BCUT2D eigenvalue weighted by Gasteiger charge is 2.56. The molecule has 0 aliphatic heterocycles. The summed E-state index contributed by atoms with van der Waals surface area (Å²) in [5, 5.41) is 9.08. The predicted octanol–water partition coefficient (Wildman–Crippen LogP) is 4.20. The molecule has 2 aliphatic rings. The van der Waals surface area contributed by atoms with Crippen LogP contribution in [0, 0.1) is 17.8 Å². The molecule has 0 amide bonds. The van der Waals surface area contributed by atoms with Crippen LogP contribution in [0.3, 0.4) is 0 Å². The first-order valence-electron chi connectivity index (χ1n) is 8.11. The van der Waals surface area contributed by atoms with E-state index in [2.05, 4.69) is 35.9 Å². The Kier molecular flexibility index (Phi) is 4.09. The van der Waals surface area contributed by atoms with Gasteiger partial charge in [0.15, 0.2) is 0 Å². The molecule has 112 valence electrons. The maximum absolute atomic E-state index is 6.47. The van der Waals surface area contributed by atoms with Crippen LogP contribution in [0.1, 0.15) is 64.2 Å². The molecule has 3 atom stereocenters. The molecule has 0 spiro atoms. The quantitative estimate of drug-likeness (QED) is 0.852. The Hall–Kier alpha value is -0.540. The third-order valence-electron chi connectivity index (χ3n) is 5.04. The molecule has 1 aromatic heterocycles. The lowest BCUT2D eigenvalue weighted by Crippen LogP contribution is -2.28. The fourth-order valence-corrected chi connectivity index (χ4v) is 4.39. The lowest BCUT2D eigenvalue weighted by atomic mass is 10.0. The zero-order valence-electron chi connectivity index (χ0n) is 12.8. The van der Waals surface area contributed by atoms with Gasteiger partial charge in [0.05, 0.1) is 23.0 Å². The van der Waals surface area contributed by atoms with E-state index in [1.165, 1.54) is 25.0 Å². The van der Waals surface area contributed by atoms with Crippen LogP contribution in [0.4, 0.5) is 0 Å². The highest BCUT2D eigenvalue weighted by atomic mass is 35.5. The highest BCUT2D eigenvalue weighted by Crippen LogP contribution is 2.62. The molecule has 3 unspecified atom stereocenters. The van der Waals surface area contributed by atoms with E-state index in [1.807, 2.05) is 6.20 Å². The second-order valence-corrected chi connectivity index (χ2v) is 7.09. The number of halogens is 1. The summed E-state index contributed by atoms with van der Waals surface area (Å²) in [6, 6.07) is 0.754. The number of nitrogens with zero attached hydrogens (tertiary/aromatic N) is 2. The molecular formula is C16H26ClN3. The Morgan fingerprint density at radius 1 is 1.40 bits per heavy atom. The van der Waals surface area contributed by atoms with Gasteiger partial charge in [0, 0.05) is 6.04 Å². The van der Waals surface area contributed by atoms with E-state index < -0.39 is 0 Å². The third-order valence-corrected chi connectivity index (χ3v) is 5.33. The average Bonchev–Trinajstić information content (AvgIpc) is 2.79. The van der Waals surface area contributed by atoms with Crippen molar-refractivity contribution in [1.82, 2.24) is 15.1 Å². The molecule has 0 saturated heterocycles. The largest absolute Gasteiger partial charge is 0.308 e. The summed E-state index contributed by atoms with van der Waals surface area (Å²) in [6.07, 6.45) is 7.21. The summed E-state index contributed by atoms with van der Waals surface area (Å²) in [7, 11) is 0. The Balaban J connectivity index is 1.87. The van der Waals surface area contributed by atoms with Crippen LogP contribution in [-0.4, -0.2) is 16.3 Å². The third kappa shape index (κ3) is 2.39. The monoisotopic (exact) mass is 295 g/mol. The minimum Gasteiger partial charge on any atom is -0.308 e. The first-order valence-corrected chi connectivity index (χ1v) is 8.49. The Labute approximate surface area is 127 Å². The molecule has 3 nitrogen and oxygen atoms in total. The molecule has 1 aromatic rings. The summed E-state index contributed by atoms with van der Waals surface area (Å²) in [6.45, 7) is 7.63. The smallest absolute Gasteiger partial charge is 0.0834 e. The Morgan fingerprint density at radius 2 is 2.10 bits per heavy atom. The van der Waals surface area contributed by atoms with Gasteiger partial charge in [-0.25, -0.2) is 0 Å². The number of aromatic nitrogens is 2. The summed E-state index contributed by atoms with van der Waals surface area (Å²) < 4.78 is 2.11. The van der Waals surface area contributed by atoms with E-state index >= 15 is 0 Å². The van der Waals surface area contributed by atoms with Crippen molar-refractivity contribution in [2.45, 2.75) is 58.5 Å². The fourth-order valence-electron chi connectivity index (χ4n) is 4.14. The highest BCUT2D eigenvalue weighted by molar-refractivity contribution is 6.31. The topological polar surface area (TPSA) is 29.9 Å². The standard InChI is InChI=1S/C16H26ClN3/c1-4-8-18-15(14-11-6-5-7-12(11)14)16-13(17)9-19-20(16)10(2)3/h9-12,14-15,18H,4-8H2,1-3H3. The van der Waals surface area contributed by atoms with E-state index in [0.717, 1.165) is 35.7 Å². The molecule has 0 bridgehead atoms. The zero-order chi connectivity index (χ0) is 14.3. The van der Waals surface area contributed by atoms with Crippen molar-refractivity contribution in [3.63, 3.8) is 0 Å². The number of rotatable bonds is 6. The zero-order valence-corrected chi connectivity index (χ0v) is 13.5.